The number of anilines is 3. The van der Waals surface area contributed by atoms with E-state index in [0.717, 1.165) is 47.2 Å². The summed E-state index contributed by atoms with van der Waals surface area (Å²) in [6, 6.07) is 9.76. The van der Waals surface area contributed by atoms with Crippen LogP contribution < -0.4 is 21.1 Å². The number of hydrogen-bond acceptors (Lipinski definition) is 6. The van der Waals surface area contributed by atoms with E-state index >= 15 is 0 Å². The Labute approximate surface area is 147 Å². The van der Waals surface area contributed by atoms with Crippen molar-refractivity contribution in [1.29, 1.82) is 0 Å². The molecule has 7 heteroatoms. The van der Waals surface area contributed by atoms with E-state index in [1.54, 1.807) is 10.7 Å². The number of benzene rings is 1. The molecule has 0 spiro atoms. The summed E-state index contributed by atoms with van der Waals surface area (Å²) in [5.74, 6) is 2.58. The molecule has 1 aromatic carbocycles. The summed E-state index contributed by atoms with van der Waals surface area (Å²) >= 11 is 0. The first kappa shape index (κ1) is 17.0. The fraction of sp³-hybridized carbons (Fsp3) is 0.333. The van der Waals surface area contributed by atoms with Crippen LogP contribution in [0.15, 0.2) is 36.5 Å². The Bertz CT molecular complexity index is 827. The monoisotopic (exact) mass is 340 g/mol. The standard InChI is InChI=1S/C18H24N6O/c1-3-25-15-7-5-14(6-8-15)22-18-13(2)17(20-11-4-10-19)23-16-9-12-21-24(16)18/h5-9,12,22H,3-4,10-11,19H2,1-2H3,(H,20,23). The Balaban J connectivity index is 1.90. The number of nitrogens with one attached hydrogen (secondary N) is 2. The highest BCUT2D eigenvalue weighted by molar-refractivity contribution is 5.69. The van der Waals surface area contributed by atoms with E-state index < -0.39 is 0 Å². The minimum absolute atomic E-state index is 0.651. The zero-order valence-electron chi connectivity index (χ0n) is 14.6. The molecule has 25 heavy (non-hydrogen) atoms. The maximum Gasteiger partial charge on any atom is 0.159 e. The normalized spacial score (nSPS) is 10.8. The average Bonchev–Trinajstić information content (AvgIpc) is 3.08. The molecule has 3 aromatic rings. The van der Waals surface area contributed by atoms with Gasteiger partial charge in [-0.2, -0.15) is 9.61 Å². The minimum Gasteiger partial charge on any atom is -0.494 e. The molecule has 4 N–H and O–H groups in total. The van der Waals surface area contributed by atoms with Crippen molar-refractivity contribution >= 4 is 23.0 Å². The minimum atomic E-state index is 0.651. The van der Waals surface area contributed by atoms with Crippen molar-refractivity contribution in [2.24, 2.45) is 5.73 Å². The fourth-order valence-corrected chi connectivity index (χ4v) is 2.59. The van der Waals surface area contributed by atoms with Gasteiger partial charge in [-0.05, 0) is 51.1 Å². The highest BCUT2D eigenvalue weighted by Gasteiger charge is 2.12. The van der Waals surface area contributed by atoms with Crippen LogP contribution in [-0.4, -0.2) is 34.3 Å². The Kier molecular flexibility index (Phi) is 5.35. The molecule has 0 bridgehead atoms. The van der Waals surface area contributed by atoms with Crippen LogP contribution in [0.3, 0.4) is 0 Å². The molecule has 0 radical (unpaired) electrons. The van der Waals surface area contributed by atoms with Crippen LogP contribution in [-0.2, 0) is 0 Å². The number of aromatic nitrogens is 3. The van der Waals surface area contributed by atoms with Gasteiger partial charge in [0.15, 0.2) is 5.65 Å². The van der Waals surface area contributed by atoms with Gasteiger partial charge < -0.3 is 21.1 Å². The molecule has 0 aliphatic carbocycles. The lowest BCUT2D eigenvalue weighted by atomic mass is 10.2. The van der Waals surface area contributed by atoms with E-state index in [0.29, 0.717) is 13.2 Å². The highest BCUT2D eigenvalue weighted by atomic mass is 16.5. The maximum absolute atomic E-state index is 5.57. The van der Waals surface area contributed by atoms with Crippen molar-refractivity contribution in [2.45, 2.75) is 20.3 Å². The van der Waals surface area contributed by atoms with E-state index in [4.69, 9.17) is 10.5 Å². The smallest absolute Gasteiger partial charge is 0.159 e. The molecular weight excluding hydrogens is 316 g/mol. The van der Waals surface area contributed by atoms with E-state index in [2.05, 4.69) is 20.7 Å². The largest absolute Gasteiger partial charge is 0.494 e. The molecular formula is C18H24N6O. The number of fused-ring (bicyclic) bond motifs is 1. The van der Waals surface area contributed by atoms with Crippen LogP contribution in [0.25, 0.3) is 5.65 Å². The van der Waals surface area contributed by atoms with Crippen molar-refractivity contribution in [3.63, 3.8) is 0 Å². The second-order valence-electron chi connectivity index (χ2n) is 5.69. The number of hydrogen-bond donors (Lipinski definition) is 3. The quantitative estimate of drug-likeness (QED) is 0.546. The third-order valence-corrected chi connectivity index (χ3v) is 3.87. The SMILES string of the molecule is CCOc1ccc(Nc2c(C)c(NCCCN)nc3ccnn23)cc1. The molecule has 2 aromatic heterocycles. The molecule has 132 valence electrons. The fourth-order valence-electron chi connectivity index (χ4n) is 2.59. The first-order valence-electron chi connectivity index (χ1n) is 8.51. The van der Waals surface area contributed by atoms with Crippen LogP contribution in [0, 0.1) is 6.92 Å². The van der Waals surface area contributed by atoms with Gasteiger partial charge >= 0.3 is 0 Å². The first-order valence-corrected chi connectivity index (χ1v) is 8.51. The topological polar surface area (TPSA) is 89.5 Å². The summed E-state index contributed by atoms with van der Waals surface area (Å²) in [6.45, 7) is 6.09. The Morgan fingerprint density at radius 3 is 2.72 bits per heavy atom. The van der Waals surface area contributed by atoms with E-state index in [-0.39, 0.29) is 0 Å². The molecule has 0 aliphatic rings. The summed E-state index contributed by atoms with van der Waals surface area (Å²) in [5.41, 5.74) is 8.32. The van der Waals surface area contributed by atoms with Gasteiger partial charge in [0.25, 0.3) is 0 Å². The summed E-state index contributed by atoms with van der Waals surface area (Å²) in [5, 5.41) is 11.2. The lowest BCUT2D eigenvalue weighted by Crippen LogP contribution is -2.13. The van der Waals surface area contributed by atoms with Crippen LogP contribution in [0.2, 0.25) is 0 Å². The van der Waals surface area contributed by atoms with Crippen LogP contribution in [0.4, 0.5) is 17.3 Å². The molecule has 0 saturated heterocycles. The van der Waals surface area contributed by atoms with Gasteiger partial charge in [0.1, 0.15) is 17.4 Å². The van der Waals surface area contributed by atoms with Crippen molar-refractivity contribution in [3.05, 3.63) is 42.1 Å². The van der Waals surface area contributed by atoms with E-state index in [9.17, 15) is 0 Å². The van der Waals surface area contributed by atoms with Crippen molar-refractivity contribution in [2.75, 3.05) is 30.3 Å². The Morgan fingerprint density at radius 2 is 2.00 bits per heavy atom. The van der Waals surface area contributed by atoms with Gasteiger partial charge in [0.2, 0.25) is 0 Å². The van der Waals surface area contributed by atoms with Gasteiger partial charge in [-0.1, -0.05) is 0 Å². The highest BCUT2D eigenvalue weighted by Crippen LogP contribution is 2.27. The van der Waals surface area contributed by atoms with Gasteiger partial charge in [0.05, 0.1) is 12.8 Å². The zero-order chi connectivity index (χ0) is 17.6. The van der Waals surface area contributed by atoms with Gasteiger partial charge in [-0.25, -0.2) is 4.98 Å². The molecule has 0 aliphatic heterocycles. The molecule has 0 unspecified atom stereocenters. The Hall–Kier alpha value is -2.80. The van der Waals surface area contributed by atoms with Gasteiger partial charge in [-0.15, -0.1) is 0 Å². The Morgan fingerprint density at radius 1 is 1.20 bits per heavy atom. The molecule has 0 atom stereocenters. The lowest BCUT2D eigenvalue weighted by Gasteiger charge is -2.16. The predicted molar refractivity (Wildman–Crippen MR) is 101 cm³/mol. The molecule has 0 saturated carbocycles. The first-order chi connectivity index (χ1) is 12.2. The summed E-state index contributed by atoms with van der Waals surface area (Å²) < 4.78 is 7.30. The second-order valence-corrected chi connectivity index (χ2v) is 5.69. The number of ether oxygens (including phenoxy) is 1. The van der Waals surface area contributed by atoms with Crippen LogP contribution >= 0.6 is 0 Å². The number of nitrogens with two attached hydrogens (primary N) is 1. The van der Waals surface area contributed by atoms with E-state index in [1.165, 1.54) is 0 Å². The molecule has 3 rings (SSSR count). The number of nitrogens with zero attached hydrogens (tertiary/aromatic N) is 3. The van der Waals surface area contributed by atoms with Gasteiger partial charge in [0, 0.05) is 23.9 Å². The van der Waals surface area contributed by atoms with Gasteiger partial charge in [-0.3, -0.25) is 0 Å². The summed E-state index contributed by atoms with van der Waals surface area (Å²) in [7, 11) is 0. The molecule has 0 amide bonds. The molecule has 2 heterocycles. The van der Waals surface area contributed by atoms with Crippen LogP contribution in [0.1, 0.15) is 18.9 Å². The van der Waals surface area contributed by atoms with E-state index in [1.807, 2.05) is 44.2 Å². The predicted octanol–water partition coefficient (Wildman–Crippen LogP) is 2.94. The second kappa shape index (κ2) is 7.85. The molecule has 7 nitrogen and oxygen atoms in total. The van der Waals surface area contributed by atoms with Crippen molar-refractivity contribution in [1.82, 2.24) is 14.6 Å². The third kappa shape index (κ3) is 3.83. The van der Waals surface area contributed by atoms with Crippen LogP contribution in [0.5, 0.6) is 5.75 Å². The third-order valence-electron chi connectivity index (χ3n) is 3.87. The summed E-state index contributed by atoms with van der Waals surface area (Å²) in [6.07, 6.45) is 2.64. The maximum atomic E-state index is 5.57. The van der Waals surface area contributed by atoms with Crippen molar-refractivity contribution in [3.8, 4) is 5.75 Å². The lowest BCUT2D eigenvalue weighted by molar-refractivity contribution is 0.340. The molecule has 0 fully saturated rings. The average molecular weight is 340 g/mol. The zero-order valence-corrected chi connectivity index (χ0v) is 14.6. The number of rotatable bonds is 8. The summed E-state index contributed by atoms with van der Waals surface area (Å²) in [4.78, 5) is 4.64. The van der Waals surface area contributed by atoms with Crippen molar-refractivity contribution < 1.29 is 4.74 Å².